The van der Waals surface area contributed by atoms with E-state index in [0.29, 0.717) is 18.5 Å². The lowest BCUT2D eigenvalue weighted by Gasteiger charge is -2.11. The number of rotatable bonds is 3. The Morgan fingerprint density at radius 3 is 2.73 bits per heavy atom. The molecule has 0 unspecified atom stereocenters. The molecule has 82 valence electrons. The second-order valence-electron chi connectivity index (χ2n) is 3.73. The number of nitrogens with zero attached hydrogens (tertiary/aromatic N) is 2. The van der Waals surface area contributed by atoms with Crippen molar-refractivity contribution >= 4 is 5.91 Å². The first kappa shape index (κ1) is 11.5. The third-order valence-electron chi connectivity index (χ3n) is 2.28. The Bertz CT molecular complexity index is 407. The molecule has 4 heteroatoms. The van der Waals surface area contributed by atoms with Crippen LogP contribution in [0.5, 0.6) is 0 Å². The smallest absolute Gasteiger partial charge is 0.253 e. The lowest BCUT2D eigenvalue weighted by atomic mass is 10.3. The fourth-order valence-corrected chi connectivity index (χ4v) is 1.27. The fraction of sp³-hybridized carbons (Fsp3) is 0.455. The van der Waals surface area contributed by atoms with Crippen LogP contribution < -0.4 is 5.56 Å². The quantitative estimate of drug-likeness (QED) is 0.731. The van der Waals surface area contributed by atoms with Crippen molar-refractivity contribution in [2.45, 2.75) is 19.9 Å². The van der Waals surface area contributed by atoms with E-state index in [0.717, 1.165) is 0 Å². The van der Waals surface area contributed by atoms with Crippen LogP contribution in [-0.2, 0) is 11.3 Å². The minimum Gasteiger partial charge on any atom is -0.349 e. The molecular weight excluding hydrogens is 192 g/mol. The van der Waals surface area contributed by atoms with Gasteiger partial charge in [-0.2, -0.15) is 0 Å². The Morgan fingerprint density at radius 2 is 2.13 bits per heavy atom. The first-order valence-electron chi connectivity index (χ1n) is 4.88. The second-order valence-corrected chi connectivity index (χ2v) is 3.73. The highest BCUT2D eigenvalue weighted by atomic mass is 16.2. The van der Waals surface area contributed by atoms with E-state index in [1.54, 1.807) is 37.8 Å². The summed E-state index contributed by atoms with van der Waals surface area (Å²) in [5.41, 5.74) is 0.679. The molecular formula is C11H16N2O2. The van der Waals surface area contributed by atoms with E-state index in [9.17, 15) is 9.59 Å². The van der Waals surface area contributed by atoms with E-state index in [1.807, 2.05) is 6.07 Å². The lowest BCUT2D eigenvalue weighted by molar-refractivity contribution is -0.128. The summed E-state index contributed by atoms with van der Waals surface area (Å²) in [6.45, 7) is 2.21. The third kappa shape index (κ3) is 2.94. The van der Waals surface area contributed by atoms with Gasteiger partial charge in [0.2, 0.25) is 5.91 Å². The first-order chi connectivity index (χ1) is 7.02. The molecule has 0 saturated carbocycles. The third-order valence-corrected chi connectivity index (χ3v) is 2.28. The molecule has 15 heavy (non-hydrogen) atoms. The fourth-order valence-electron chi connectivity index (χ4n) is 1.27. The van der Waals surface area contributed by atoms with Crippen molar-refractivity contribution in [3.05, 3.63) is 34.2 Å². The molecule has 0 N–H and O–H groups in total. The van der Waals surface area contributed by atoms with Gasteiger partial charge in [-0.05, 0) is 13.0 Å². The Labute approximate surface area is 89.1 Å². The van der Waals surface area contributed by atoms with Crippen molar-refractivity contribution in [1.82, 2.24) is 9.47 Å². The molecule has 4 nitrogen and oxygen atoms in total. The van der Waals surface area contributed by atoms with Gasteiger partial charge < -0.3 is 9.47 Å². The molecule has 0 saturated heterocycles. The van der Waals surface area contributed by atoms with Crippen LogP contribution in [0.25, 0.3) is 0 Å². The number of aryl methyl sites for hydroxylation is 2. The summed E-state index contributed by atoms with van der Waals surface area (Å²) in [4.78, 5) is 24.4. The minimum atomic E-state index is -0.0240. The van der Waals surface area contributed by atoms with Gasteiger partial charge in [0, 0.05) is 38.8 Å². The molecule has 1 heterocycles. The summed E-state index contributed by atoms with van der Waals surface area (Å²) in [7, 11) is 3.42. The summed E-state index contributed by atoms with van der Waals surface area (Å²) in [5, 5.41) is 0. The van der Waals surface area contributed by atoms with E-state index >= 15 is 0 Å². The summed E-state index contributed by atoms with van der Waals surface area (Å²) in [6.07, 6.45) is 2.06. The highest BCUT2D eigenvalue weighted by Gasteiger charge is 2.05. The maximum atomic E-state index is 11.6. The zero-order chi connectivity index (χ0) is 11.4. The topological polar surface area (TPSA) is 42.3 Å². The van der Waals surface area contributed by atoms with Gasteiger partial charge in [-0.1, -0.05) is 6.07 Å². The lowest BCUT2D eigenvalue weighted by Crippen LogP contribution is -2.27. The normalized spacial score (nSPS) is 10.1. The molecule has 0 aliphatic carbocycles. The van der Waals surface area contributed by atoms with E-state index in [-0.39, 0.29) is 11.5 Å². The van der Waals surface area contributed by atoms with Gasteiger partial charge in [0.25, 0.3) is 5.56 Å². The monoisotopic (exact) mass is 208 g/mol. The Kier molecular flexibility index (Phi) is 3.66. The van der Waals surface area contributed by atoms with E-state index in [4.69, 9.17) is 0 Å². The molecule has 0 aromatic carbocycles. The number of amides is 1. The van der Waals surface area contributed by atoms with Crippen LogP contribution in [0.3, 0.4) is 0 Å². The Hall–Kier alpha value is -1.58. The zero-order valence-electron chi connectivity index (χ0n) is 9.36. The van der Waals surface area contributed by atoms with Crippen LogP contribution in [0.2, 0.25) is 0 Å². The maximum absolute atomic E-state index is 11.6. The Balaban J connectivity index is 2.70. The largest absolute Gasteiger partial charge is 0.349 e. The van der Waals surface area contributed by atoms with Crippen molar-refractivity contribution in [3.63, 3.8) is 0 Å². The van der Waals surface area contributed by atoms with Crippen LogP contribution in [0.4, 0.5) is 0 Å². The molecule has 0 aliphatic rings. The zero-order valence-corrected chi connectivity index (χ0v) is 9.36. The molecule has 0 bridgehead atoms. The van der Waals surface area contributed by atoms with Gasteiger partial charge in [-0.3, -0.25) is 9.59 Å². The first-order valence-corrected chi connectivity index (χ1v) is 4.88. The summed E-state index contributed by atoms with van der Waals surface area (Å²) < 4.78 is 1.57. The number of carbonyl (C=O) groups is 1. The van der Waals surface area contributed by atoms with E-state index in [1.165, 1.54) is 4.90 Å². The average Bonchev–Trinajstić information content (AvgIpc) is 2.19. The molecule has 1 rings (SSSR count). The summed E-state index contributed by atoms with van der Waals surface area (Å²) >= 11 is 0. The molecule has 0 aliphatic heterocycles. The minimum absolute atomic E-state index is 0.0240. The number of carbonyl (C=O) groups excluding carboxylic acids is 1. The van der Waals surface area contributed by atoms with Crippen molar-refractivity contribution in [1.29, 1.82) is 0 Å². The second kappa shape index (κ2) is 4.77. The van der Waals surface area contributed by atoms with Gasteiger partial charge in [0.1, 0.15) is 0 Å². The van der Waals surface area contributed by atoms with Crippen LogP contribution in [0, 0.1) is 6.92 Å². The number of hydrogen-bond acceptors (Lipinski definition) is 2. The average molecular weight is 208 g/mol. The van der Waals surface area contributed by atoms with E-state index in [2.05, 4.69) is 0 Å². The van der Waals surface area contributed by atoms with Crippen LogP contribution in [0.1, 0.15) is 12.0 Å². The van der Waals surface area contributed by atoms with Gasteiger partial charge in [-0.25, -0.2) is 0 Å². The van der Waals surface area contributed by atoms with Crippen LogP contribution in [0.15, 0.2) is 23.1 Å². The molecule has 0 atom stereocenters. The summed E-state index contributed by atoms with van der Waals surface area (Å²) in [5.74, 6) is 0.0309. The van der Waals surface area contributed by atoms with E-state index < -0.39 is 0 Å². The number of pyridine rings is 1. The van der Waals surface area contributed by atoms with Gasteiger partial charge in [0.15, 0.2) is 0 Å². The highest BCUT2D eigenvalue weighted by molar-refractivity contribution is 5.75. The van der Waals surface area contributed by atoms with Crippen molar-refractivity contribution in [3.8, 4) is 0 Å². The van der Waals surface area contributed by atoms with Gasteiger partial charge in [-0.15, -0.1) is 0 Å². The van der Waals surface area contributed by atoms with Crippen molar-refractivity contribution < 1.29 is 4.79 Å². The number of hydrogen-bond donors (Lipinski definition) is 0. The van der Waals surface area contributed by atoms with Crippen molar-refractivity contribution in [2.24, 2.45) is 0 Å². The molecule has 0 spiro atoms. The van der Waals surface area contributed by atoms with Gasteiger partial charge >= 0.3 is 0 Å². The van der Waals surface area contributed by atoms with Crippen LogP contribution >= 0.6 is 0 Å². The predicted octanol–water partition coefficient (Wildman–Crippen LogP) is 0.635. The molecule has 1 amide bonds. The summed E-state index contributed by atoms with van der Waals surface area (Å²) in [6, 6.07) is 3.59. The van der Waals surface area contributed by atoms with Crippen LogP contribution in [-0.4, -0.2) is 29.5 Å². The predicted molar refractivity (Wildman–Crippen MR) is 58.8 cm³/mol. The maximum Gasteiger partial charge on any atom is 0.253 e. The number of aromatic nitrogens is 1. The molecule has 1 aromatic rings. The highest BCUT2D eigenvalue weighted by Crippen LogP contribution is 1.93. The molecule has 1 aromatic heterocycles. The Morgan fingerprint density at radius 1 is 1.47 bits per heavy atom. The SMILES string of the molecule is Cc1cccn(CCC(=O)N(C)C)c1=O. The molecule has 0 fully saturated rings. The standard InChI is InChI=1S/C11H16N2O2/c1-9-5-4-7-13(11(9)15)8-6-10(14)12(2)3/h4-5,7H,6,8H2,1-3H3. The molecule has 0 radical (unpaired) electrons. The van der Waals surface area contributed by atoms with Crippen molar-refractivity contribution in [2.75, 3.05) is 14.1 Å². The van der Waals surface area contributed by atoms with Gasteiger partial charge in [0.05, 0.1) is 0 Å².